The molecule has 2 amide bonds. The monoisotopic (exact) mass is 472 g/mol. The van der Waals surface area contributed by atoms with Crippen molar-refractivity contribution in [1.29, 1.82) is 0 Å². The van der Waals surface area contributed by atoms with Gasteiger partial charge < -0.3 is 15.2 Å². The molecule has 0 bridgehead atoms. The van der Waals surface area contributed by atoms with Gasteiger partial charge in [0.05, 0.1) is 5.56 Å². The van der Waals surface area contributed by atoms with Crippen molar-refractivity contribution in [2.75, 3.05) is 18.4 Å². The average Bonchev–Trinajstić information content (AvgIpc) is 3.22. The Morgan fingerprint density at radius 3 is 2.51 bits per heavy atom. The second-order valence-electron chi connectivity index (χ2n) is 10.2. The number of piperidine rings is 1. The first-order valence-corrected chi connectivity index (χ1v) is 13.0. The fourth-order valence-corrected chi connectivity index (χ4v) is 5.65. The third-order valence-corrected chi connectivity index (χ3v) is 7.64. The number of anilines is 1. The number of carbonyl (C=O) groups excluding carboxylic acids is 2. The Bertz CT molecular complexity index is 1190. The summed E-state index contributed by atoms with van der Waals surface area (Å²) in [5.74, 6) is 0.304. The Morgan fingerprint density at radius 1 is 0.943 bits per heavy atom. The van der Waals surface area contributed by atoms with Gasteiger partial charge in [-0.25, -0.2) is 0 Å². The first-order chi connectivity index (χ1) is 17.1. The van der Waals surface area contributed by atoms with Gasteiger partial charge in [-0.1, -0.05) is 49.6 Å². The van der Waals surface area contributed by atoms with E-state index in [1.54, 1.807) is 0 Å². The number of aryl methyl sites for hydroxylation is 1. The number of nitrogens with one attached hydrogen (secondary N) is 2. The molecular formula is C29H36N4O2. The molecule has 1 aromatic heterocycles. The average molecular weight is 473 g/mol. The standard InChI is InChI=1S/C29H36N4O2/c1-32-20-26(25-12-5-6-13-27(25)32)29(35)31-24-11-7-8-21(18-24)19-33-16-14-22(15-17-33)28(34)30-23-9-3-2-4-10-23/h5-8,11-13,18,20,22-23H,2-4,9-10,14-17,19H2,1H3,(H,30,34)(H,31,35). The maximum Gasteiger partial charge on any atom is 0.257 e. The van der Waals surface area contributed by atoms with Gasteiger partial charge in [-0.05, 0) is 62.5 Å². The third kappa shape index (κ3) is 5.59. The molecule has 2 aliphatic rings. The predicted molar refractivity (Wildman–Crippen MR) is 140 cm³/mol. The van der Waals surface area contributed by atoms with Crippen LogP contribution < -0.4 is 10.6 Å². The Hall–Kier alpha value is -3.12. The number of hydrogen-bond acceptors (Lipinski definition) is 3. The van der Waals surface area contributed by atoms with Crippen LogP contribution in [0.4, 0.5) is 5.69 Å². The zero-order valence-corrected chi connectivity index (χ0v) is 20.6. The van der Waals surface area contributed by atoms with Gasteiger partial charge >= 0.3 is 0 Å². The zero-order valence-electron chi connectivity index (χ0n) is 20.6. The molecule has 2 N–H and O–H groups in total. The van der Waals surface area contributed by atoms with Gasteiger partial charge in [-0.2, -0.15) is 0 Å². The second kappa shape index (κ2) is 10.6. The highest BCUT2D eigenvalue weighted by atomic mass is 16.2. The van der Waals surface area contributed by atoms with Gasteiger partial charge in [0.15, 0.2) is 0 Å². The van der Waals surface area contributed by atoms with E-state index in [4.69, 9.17) is 0 Å². The highest BCUT2D eigenvalue weighted by Gasteiger charge is 2.27. The molecule has 0 atom stereocenters. The fraction of sp³-hybridized carbons (Fsp3) is 0.448. The van der Waals surface area contributed by atoms with Crippen molar-refractivity contribution in [2.24, 2.45) is 13.0 Å². The van der Waals surface area contributed by atoms with Gasteiger partial charge in [-0.15, -0.1) is 0 Å². The number of amides is 2. The van der Waals surface area contributed by atoms with Crippen molar-refractivity contribution in [3.63, 3.8) is 0 Å². The summed E-state index contributed by atoms with van der Waals surface area (Å²) in [4.78, 5) is 28.1. The van der Waals surface area contributed by atoms with Crippen molar-refractivity contribution in [3.8, 4) is 0 Å². The van der Waals surface area contributed by atoms with Gasteiger partial charge in [-0.3, -0.25) is 14.5 Å². The highest BCUT2D eigenvalue weighted by Crippen LogP contribution is 2.24. The first-order valence-electron chi connectivity index (χ1n) is 13.0. The molecule has 2 heterocycles. The Balaban J connectivity index is 1.15. The second-order valence-corrected chi connectivity index (χ2v) is 10.2. The van der Waals surface area contributed by atoms with Crippen LogP contribution in [0.15, 0.2) is 54.7 Å². The molecule has 2 aromatic carbocycles. The topological polar surface area (TPSA) is 66.4 Å². The number of benzene rings is 2. The van der Waals surface area contributed by atoms with Crippen LogP contribution >= 0.6 is 0 Å². The largest absolute Gasteiger partial charge is 0.353 e. The van der Waals surface area contributed by atoms with Crippen LogP contribution in [0.25, 0.3) is 10.9 Å². The Labute approximate surface area is 207 Å². The van der Waals surface area contributed by atoms with E-state index in [0.29, 0.717) is 11.6 Å². The lowest BCUT2D eigenvalue weighted by atomic mass is 9.92. The highest BCUT2D eigenvalue weighted by molar-refractivity contribution is 6.13. The van der Waals surface area contributed by atoms with E-state index in [0.717, 1.165) is 61.9 Å². The normalized spacial score (nSPS) is 18.0. The minimum absolute atomic E-state index is 0.0938. The van der Waals surface area contributed by atoms with Crippen LogP contribution in [0, 0.1) is 5.92 Å². The van der Waals surface area contributed by atoms with E-state index in [2.05, 4.69) is 27.7 Å². The molecule has 0 unspecified atom stereocenters. The number of fused-ring (bicyclic) bond motifs is 1. The number of nitrogens with zero attached hydrogens (tertiary/aromatic N) is 2. The molecule has 1 saturated heterocycles. The Kier molecular flexibility index (Phi) is 7.19. The maximum atomic E-state index is 13.0. The van der Waals surface area contributed by atoms with Crippen molar-refractivity contribution >= 4 is 28.4 Å². The van der Waals surface area contributed by atoms with E-state index in [-0.39, 0.29) is 17.7 Å². The van der Waals surface area contributed by atoms with Crippen LogP contribution in [-0.2, 0) is 18.4 Å². The van der Waals surface area contributed by atoms with E-state index < -0.39 is 0 Å². The molecule has 6 nitrogen and oxygen atoms in total. The number of para-hydroxylation sites is 1. The van der Waals surface area contributed by atoms with Crippen molar-refractivity contribution in [3.05, 3.63) is 65.9 Å². The van der Waals surface area contributed by atoms with Crippen LogP contribution in [0.2, 0.25) is 0 Å². The van der Waals surface area contributed by atoms with Gasteiger partial charge in [0, 0.05) is 48.3 Å². The maximum absolute atomic E-state index is 13.0. The summed E-state index contributed by atoms with van der Waals surface area (Å²) >= 11 is 0. The number of likely N-dealkylation sites (tertiary alicyclic amines) is 1. The van der Waals surface area contributed by atoms with E-state index >= 15 is 0 Å². The molecular weight excluding hydrogens is 436 g/mol. The molecule has 0 radical (unpaired) electrons. The Morgan fingerprint density at radius 2 is 1.71 bits per heavy atom. The fourth-order valence-electron chi connectivity index (χ4n) is 5.65. The molecule has 0 spiro atoms. The molecule has 35 heavy (non-hydrogen) atoms. The number of hydrogen-bond donors (Lipinski definition) is 2. The third-order valence-electron chi connectivity index (χ3n) is 7.64. The van der Waals surface area contributed by atoms with Crippen LogP contribution in [0.1, 0.15) is 60.9 Å². The summed E-state index contributed by atoms with van der Waals surface area (Å²) in [5, 5.41) is 7.34. The summed E-state index contributed by atoms with van der Waals surface area (Å²) in [6.07, 6.45) is 9.77. The molecule has 1 saturated carbocycles. The summed E-state index contributed by atoms with van der Waals surface area (Å²) < 4.78 is 1.99. The smallest absolute Gasteiger partial charge is 0.257 e. The minimum Gasteiger partial charge on any atom is -0.353 e. The van der Waals surface area contributed by atoms with Crippen molar-refractivity contribution in [1.82, 2.24) is 14.8 Å². The summed E-state index contributed by atoms with van der Waals surface area (Å²) in [6, 6.07) is 16.4. The molecule has 6 heteroatoms. The van der Waals surface area contributed by atoms with E-state index in [1.165, 1.54) is 24.8 Å². The molecule has 3 aromatic rings. The molecule has 2 fully saturated rings. The van der Waals surface area contributed by atoms with Gasteiger partial charge in [0.2, 0.25) is 5.91 Å². The van der Waals surface area contributed by atoms with Gasteiger partial charge in [0.1, 0.15) is 0 Å². The van der Waals surface area contributed by atoms with Crippen LogP contribution in [0.5, 0.6) is 0 Å². The summed E-state index contributed by atoms with van der Waals surface area (Å²) in [7, 11) is 1.96. The quantitative estimate of drug-likeness (QED) is 0.525. The lowest BCUT2D eigenvalue weighted by molar-refractivity contribution is -0.127. The lowest BCUT2D eigenvalue weighted by Crippen LogP contribution is -2.44. The molecule has 1 aliphatic carbocycles. The summed E-state index contributed by atoms with van der Waals surface area (Å²) in [5.41, 5.74) is 3.71. The number of aromatic nitrogens is 1. The number of rotatable bonds is 6. The molecule has 184 valence electrons. The zero-order chi connectivity index (χ0) is 24.2. The lowest BCUT2D eigenvalue weighted by Gasteiger charge is -2.32. The van der Waals surface area contributed by atoms with Crippen molar-refractivity contribution < 1.29 is 9.59 Å². The molecule has 5 rings (SSSR count). The van der Waals surface area contributed by atoms with Crippen LogP contribution in [-0.4, -0.2) is 40.4 Å². The van der Waals surface area contributed by atoms with E-state index in [1.807, 2.05) is 54.2 Å². The molecule has 1 aliphatic heterocycles. The SMILES string of the molecule is Cn1cc(C(=O)Nc2cccc(CN3CCC(C(=O)NC4CCCCC4)CC3)c2)c2ccccc21. The van der Waals surface area contributed by atoms with Crippen LogP contribution in [0.3, 0.4) is 0 Å². The number of carbonyl (C=O) groups is 2. The van der Waals surface area contributed by atoms with E-state index in [9.17, 15) is 9.59 Å². The first kappa shape index (κ1) is 23.6. The minimum atomic E-state index is -0.0938. The van der Waals surface area contributed by atoms with Crippen molar-refractivity contribution in [2.45, 2.75) is 57.5 Å². The van der Waals surface area contributed by atoms with Gasteiger partial charge in [0.25, 0.3) is 5.91 Å². The predicted octanol–water partition coefficient (Wildman–Crippen LogP) is 5.09. The summed E-state index contributed by atoms with van der Waals surface area (Å²) in [6.45, 7) is 2.68.